The first-order valence-corrected chi connectivity index (χ1v) is 8.89. The second-order valence-electron chi connectivity index (χ2n) is 6.09. The van der Waals surface area contributed by atoms with Crippen molar-refractivity contribution in [3.8, 4) is 5.75 Å². The van der Waals surface area contributed by atoms with E-state index in [9.17, 15) is 14.4 Å². The number of carbonyl (C=O) groups excluding carboxylic acids is 1. The number of nitrogens with one attached hydrogen (secondary N) is 1. The maximum atomic E-state index is 12.9. The molecular formula is C19H24Cl2FN3O3. The SMILES string of the molecule is CCOc1cc(N)c(Cl)cc1C(=O)NCC(C)N(O)Cc1ccc(F)cc1.Cl. The van der Waals surface area contributed by atoms with Crippen LogP contribution in [0.5, 0.6) is 5.75 Å². The highest BCUT2D eigenvalue weighted by Crippen LogP contribution is 2.29. The third-order valence-corrected chi connectivity index (χ3v) is 4.30. The van der Waals surface area contributed by atoms with E-state index in [0.29, 0.717) is 18.0 Å². The number of ether oxygens (including phenoxy) is 1. The average Bonchev–Trinajstić information content (AvgIpc) is 2.64. The largest absolute Gasteiger partial charge is 0.493 e. The van der Waals surface area contributed by atoms with Crippen molar-refractivity contribution in [2.45, 2.75) is 26.4 Å². The molecule has 0 saturated carbocycles. The fraction of sp³-hybridized carbons (Fsp3) is 0.316. The number of halogens is 3. The smallest absolute Gasteiger partial charge is 0.255 e. The minimum absolute atomic E-state index is 0. The first-order valence-electron chi connectivity index (χ1n) is 8.51. The van der Waals surface area contributed by atoms with Gasteiger partial charge in [-0.05, 0) is 37.6 Å². The molecule has 0 heterocycles. The molecule has 0 fully saturated rings. The van der Waals surface area contributed by atoms with Crippen LogP contribution in [-0.2, 0) is 6.54 Å². The predicted octanol–water partition coefficient (Wildman–Crippen LogP) is 3.89. The Morgan fingerprint density at radius 3 is 2.61 bits per heavy atom. The zero-order valence-electron chi connectivity index (χ0n) is 15.6. The molecule has 2 rings (SSSR count). The van der Waals surface area contributed by atoms with E-state index >= 15 is 0 Å². The topological polar surface area (TPSA) is 87.8 Å². The van der Waals surface area contributed by atoms with E-state index in [1.54, 1.807) is 26.0 Å². The Hall–Kier alpha value is -2.06. The van der Waals surface area contributed by atoms with Crippen LogP contribution in [0.4, 0.5) is 10.1 Å². The molecule has 0 aliphatic heterocycles. The molecule has 0 aliphatic rings. The fourth-order valence-corrected chi connectivity index (χ4v) is 2.56. The molecule has 2 aromatic carbocycles. The zero-order valence-corrected chi connectivity index (χ0v) is 17.2. The summed E-state index contributed by atoms with van der Waals surface area (Å²) in [6.07, 6.45) is 0. The van der Waals surface area contributed by atoms with Crippen LogP contribution >= 0.6 is 24.0 Å². The lowest BCUT2D eigenvalue weighted by molar-refractivity contribution is -0.128. The van der Waals surface area contributed by atoms with Crippen molar-refractivity contribution in [3.05, 3.63) is 58.4 Å². The molecule has 0 saturated heterocycles. The highest BCUT2D eigenvalue weighted by Gasteiger charge is 2.18. The Morgan fingerprint density at radius 1 is 1.36 bits per heavy atom. The van der Waals surface area contributed by atoms with Gasteiger partial charge in [0.1, 0.15) is 11.6 Å². The molecule has 2 aromatic rings. The van der Waals surface area contributed by atoms with Gasteiger partial charge in [-0.2, -0.15) is 5.06 Å². The van der Waals surface area contributed by atoms with Crippen LogP contribution in [0.15, 0.2) is 36.4 Å². The molecule has 0 radical (unpaired) electrons. The molecule has 0 aromatic heterocycles. The van der Waals surface area contributed by atoms with Crippen LogP contribution in [0.25, 0.3) is 0 Å². The number of anilines is 1. The van der Waals surface area contributed by atoms with Crippen LogP contribution in [0.2, 0.25) is 5.02 Å². The molecule has 0 aliphatic carbocycles. The van der Waals surface area contributed by atoms with Gasteiger partial charge in [-0.15, -0.1) is 12.4 Å². The lowest BCUT2D eigenvalue weighted by atomic mass is 10.1. The van der Waals surface area contributed by atoms with E-state index in [4.69, 9.17) is 22.1 Å². The van der Waals surface area contributed by atoms with E-state index < -0.39 is 0 Å². The van der Waals surface area contributed by atoms with Gasteiger partial charge in [-0.25, -0.2) is 4.39 Å². The van der Waals surface area contributed by atoms with Crippen molar-refractivity contribution >= 4 is 35.6 Å². The van der Waals surface area contributed by atoms with Gasteiger partial charge in [-0.1, -0.05) is 23.7 Å². The number of hydroxylamine groups is 2. The molecule has 1 unspecified atom stereocenters. The summed E-state index contributed by atoms with van der Waals surface area (Å²) in [6, 6.07) is 8.43. The number of rotatable bonds is 8. The van der Waals surface area contributed by atoms with E-state index in [0.717, 1.165) is 10.6 Å². The lowest BCUT2D eigenvalue weighted by Crippen LogP contribution is -2.40. The third kappa shape index (κ3) is 6.53. The number of nitrogens with zero attached hydrogens (tertiary/aromatic N) is 1. The van der Waals surface area contributed by atoms with Crippen molar-refractivity contribution in [2.75, 3.05) is 18.9 Å². The summed E-state index contributed by atoms with van der Waals surface area (Å²) in [5.41, 5.74) is 7.10. The van der Waals surface area contributed by atoms with Crippen LogP contribution in [0.3, 0.4) is 0 Å². The van der Waals surface area contributed by atoms with Crippen LogP contribution in [0.1, 0.15) is 29.8 Å². The summed E-state index contributed by atoms with van der Waals surface area (Å²) in [7, 11) is 0. The lowest BCUT2D eigenvalue weighted by Gasteiger charge is -2.23. The number of hydrogen-bond acceptors (Lipinski definition) is 5. The Labute approximate surface area is 174 Å². The number of hydrogen-bond donors (Lipinski definition) is 3. The molecule has 6 nitrogen and oxygen atoms in total. The van der Waals surface area contributed by atoms with E-state index in [1.165, 1.54) is 24.3 Å². The van der Waals surface area contributed by atoms with Crippen LogP contribution in [0, 0.1) is 5.82 Å². The molecule has 1 atom stereocenters. The van der Waals surface area contributed by atoms with Crippen molar-refractivity contribution in [3.63, 3.8) is 0 Å². The summed E-state index contributed by atoms with van der Waals surface area (Å²) in [6.45, 7) is 4.32. The Bertz CT molecular complexity index is 791. The highest BCUT2D eigenvalue weighted by molar-refractivity contribution is 6.33. The maximum absolute atomic E-state index is 12.9. The number of amides is 1. The summed E-state index contributed by atoms with van der Waals surface area (Å²) >= 11 is 6.01. The van der Waals surface area contributed by atoms with Gasteiger partial charge in [0.05, 0.1) is 22.9 Å². The molecule has 4 N–H and O–H groups in total. The predicted molar refractivity (Wildman–Crippen MR) is 110 cm³/mol. The van der Waals surface area contributed by atoms with Crippen molar-refractivity contribution in [1.29, 1.82) is 0 Å². The van der Waals surface area contributed by atoms with Gasteiger partial charge in [0, 0.05) is 25.2 Å². The van der Waals surface area contributed by atoms with Crippen LogP contribution in [-0.4, -0.2) is 35.4 Å². The zero-order chi connectivity index (χ0) is 20.0. The Balaban J connectivity index is 0.00000392. The summed E-state index contributed by atoms with van der Waals surface area (Å²) < 4.78 is 18.4. The maximum Gasteiger partial charge on any atom is 0.255 e. The standard InChI is InChI=1S/C19H23ClFN3O3.ClH/c1-3-27-18-9-17(22)16(20)8-15(18)19(25)23-10-12(2)24(26)11-13-4-6-14(21)7-5-13;/h4-9,12,26H,3,10-11,22H2,1-2H3,(H,23,25);1H. The second-order valence-corrected chi connectivity index (χ2v) is 6.49. The molecule has 28 heavy (non-hydrogen) atoms. The normalized spacial score (nSPS) is 11.6. The highest BCUT2D eigenvalue weighted by atomic mass is 35.5. The minimum Gasteiger partial charge on any atom is -0.493 e. The van der Waals surface area contributed by atoms with Gasteiger partial charge in [-0.3, -0.25) is 4.79 Å². The van der Waals surface area contributed by atoms with Crippen molar-refractivity contribution < 1.29 is 19.1 Å². The molecule has 9 heteroatoms. The van der Waals surface area contributed by atoms with Gasteiger partial charge >= 0.3 is 0 Å². The van der Waals surface area contributed by atoms with E-state index in [1.807, 2.05) is 0 Å². The van der Waals surface area contributed by atoms with Gasteiger partial charge < -0.3 is 21.0 Å². The monoisotopic (exact) mass is 431 g/mol. The average molecular weight is 432 g/mol. The number of nitrogen functional groups attached to an aromatic ring is 1. The second kappa shape index (κ2) is 11.1. The number of benzene rings is 2. The van der Waals surface area contributed by atoms with Gasteiger partial charge in [0.25, 0.3) is 5.91 Å². The molecule has 0 bridgehead atoms. The first kappa shape index (κ1) is 24.0. The Kier molecular flexibility index (Phi) is 9.48. The van der Waals surface area contributed by atoms with E-state index in [-0.39, 0.29) is 53.8 Å². The number of nitrogens with two attached hydrogens (primary N) is 1. The molecule has 154 valence electrons. The third-order valence-electron chi connectivity index (χ3n) is 3.97. The first-order chi connectivity index (χ1) is 12.8. The van der Waals surface area contributed by atoms with Crippen molar-refractivity contribution in [1.82, 2.24) is 10.4 Å². The molecule has 0 spiro atoms. The summed E-state index contributed by atoms with van der Waals surface area (Å²) in [5, 5.41) is 14.2. The molecule has 1 amide bonds. The van der Waals surface area contributed by atoms with Crippen molar-refractivity contribution in [2.24, 2.45) is 0 Å². The van der Waals surface area contributed by atoms with Crippen LogP contribution < -0.4 is 15.8 Å². The molecular weight excluding hydrogens is 408 g/mol. The quantitative estimate of drug-likeness (QED) is 0.435. The number of carbonyl (C=O) groups is 1. The van der Waals surface area contributed by atoms with Gasteiger partial charge in [0.2, 0.25) is 0 Å². The Morgan fingerprint density at radius 2 is 2.00 bits per heavy atom. The van der Waals surface area contributed by atoms with Gasteiger partial charge in [0.15, 0.2) is 0 Å². The summed E-state index contributed by atoms with van der Waals surface area (Å²) in [4.78, 5) is 12.5. The summed E-state index contributed by atoms with van der Waals surface area (Å²) in [5.74, 6) is -0.380. The fourth-order valence-electron chi connectivity index (χ4n) is 2.40. The minimum atomic E-state index is -0.387. The van der Waals surface area contributed by atoms with E-state index in [2.05, 4.69) is 5.32 Å².